The first kappa shape index (κ1) is 9.41. The van der Waals surface area contributed by atoms with E-state index in [0.717, 1.165) is 0 Å². The SMILES string of the molecule is OCC1(c2ccc3c(c2)CCC3)CCC1. The van der Waals surface area contributed by atoms with Crippen LogP contribution < -0.4 is 0 Å². The molecule has 1 heteroatoms. The molecule has 0 saturated heterocycles. The molecule has 1 aromatic carbocycles. The Morgan fingerprint density at radius 2 is 1.87 bits per heavy atom. The number of fused-ring (bicyclic) bond motifs is 1. The normalized spacial score (nSPS) is 22.2. The van der Waals surface area contributed by atoms with E-state index in [4.69, 9.17) is 0 Å². The predicted octanol–water partition coefficient (Wildman–Crippen LogP) is 2.59. The molecule has 0 aromatic heterocycles. The lowest BCUT2D eigenvalue weighted by Crippen LogP contribution is -2.37. The van der Waals surface area contributed by atoms with Gasteiger partial charge in [-0.1, -0.05) is 24.6 Å². The molecule has 0 unspecified atom stereocenters. The highest BCUT2D eigenvalue weighted by atomic mass is 16.3. The Kier molecular flexibility index (Phi) is 2.10. The van der Waals surface area contributed by atoms with Crippen molar-refractivity contribution in [2.45, 2.75) is 43.9 Å². The van der Waals surface area contributed by atoms with Crippen LogP contribution in [-0.4, -0.2) is 11.7 Å². The van der Waals surface area contributed by atoms with Gasteiger partial charge in [0.15, 0.2) is 0 Å². The van der Waals surface area contributed by atoms with Crippen LogP contribution >= 0.6 is 0 Å². The standard InChI is InChI=1S/C14H18O/c15-10-14(7-2-8-14)13-6-5-11-3-1-4-12(11)9-13/h5-6,9,15H,1-4,7-8,10H2. The van der Waals surface area contributed by atoms with E-state index in [1.54, 1.807) is 0 Å². The molecule has 1 fully saturated rings. The van der Waals surface area contributed by atoms with Crippen LogP contribution in [0.4, 0.5) is 0 Å². The fraction of sp³-hybridized carbons (Fsp3) is 0.571. The molecule has 0 spiro atoms. The van der Waals surface area contributed by atoms with Gasteiger partial charge in [0.2, 0.25) is 0 Å². The highest BCUT2D eigenvalue weighted by molar-refractivity contribution is 5.39. The van der Waals surface area contributed by atoms with Crippen LogP contribution in [0.5, 0.6) is 0 Å². The summed E-state index contributed by atoms with van der Waals surface area (Å²) in [4.78, 5) is 0. The second-order valence-electron chi connectivity index (χ2n) is 5.13. The van der Waals surface area contributed by atoms with Crippen molar-refractivity contribution in [2.24, 2.45) is 0 Å². The van der Waals surface area contributed by atoms with Crippen LogP contribution in [0.2, 0.25) is 0 Å². The van der Waals surface area contributed by atoms with Crippen molar-refractivity contribution < 1.29 is 5.11 Å². The largest absolute Gasteiger partial charge is 0.395 e. The Balaban J connectivity index is 1.98. The van der Waals surface area contributed by atoms with E-state index in [1.165, 1.54) is 55.2 Å². The molecule has 0 radical (unpaired) electrons. The van der Waals surface area contributed by atoms with Crippen molar-refractivity contribution in [3.05, 3.63) is 34.9 Å². The first-order valence-corrected chi connectivity index (χ1v) is 6.07. The van der Waals surface area contributed by atoms with Crippen LogP contribution in [0.25, 0.3) is 0 Å². The van der Waals surface area contributed by atoms with Crippen molar-refractivity contribution in [1.29, 1.82) is 0 Å². The summed E-state index contributed by atoms with van der Waals surface area (Å²) in [6.45, 7) is 0.325. The predicted molar refractivity (Wildman–Crippen MR) is 61.1 cm³/mol. The summed E-state index contributed by atoms with van der Waals surface area (Å²) in [7, 11) is 0. The van der Waals surface area contributed by atoms with E-state index in [1.807, 2.05) is 0 Å². The van der Waals surface area contributed by atoms with Crippen LogP contribution in [0.15, 0.2) is 18.2 Å². The molecule has 15 heavy (non-hydrogen) atoms. The van der Waals surface area contributed by atoms with Gasteiger partial charge >= 0.3 is 0 Å². The third kappa shape index (κ3) is 1.33. The fourth-order valence-electron chi connectivity index (χ4n) is 3.04. The summed E-state index contributed by atoms with van der Waals surface area (Å²) >= 11 is 0. The summed E-state index contributed by atoms with van der Waals surface area (Å²) < 4.78 is 0. The summed E-state index contributed by atoms with van der Waals surface area (Å²) in [6, 6.07) is 6.89. The quantitative estimate of drug-likeness (QED) is 0.781. The zero-order valence-corrected chi connectivity index (χ0v) is 9.13. The molecular formula is C14H18O. The maximum Gasteiger partial charge on any atom is 0.0527 e. The average Bonchev–Trinajstić information content (AvgIpc) is 2.64. The molecule has 1 N–H and O–H groups in total. The Morgan fingerprint density at radius 1 is 1.07 bits per heavy atom. The van der Waals surface area contributed by atoms with E-state index in [2.05, 4.69) is 18.2 Å². The Morgan fingerprint density at radius 3 is 2.53 bits per heavy atom. The van der Waals surface area contributed by atoms with Gasteiger partial charge in [-0.3, -0.25) is 0 Å². The lowest BCUT2D eigenvalue weighted by atomic mass is 9.65. The minimum Gasteiger partial charge on any atom is -0.395 e. The molecule has 1 nitrogen and oxygen atoms in total. The monoisotopic (exact) mass is 202 g/mol. The lowest BCUT2D eigenvalue weighted by molar-refractivity contribution is 0.120. The average molecular weight is 202 g/mol. The maximum atomic E-state index is 9.54. The number of hydrogen-bond acceptors (Lipinski definition) is 1. The van der Waals surface area contributed by atoms with Gasteiger partial charge in [-0.2, -0.15) is 0 Å². The molecule has 2 aliphatic rings. The van der Waals surface area contributed by atoms with Crippen molar-refractivity contribution in [3.8, 4) is 0 Å². The van der Waals surface area contributed by atoms with Crippen molar-refractivity contribution in [1.82, 2.24) is 0 Å². The number of benzene rings is 1. The minimum absolute atomic E-state index is 0.123. The molecule has 0 aliphatic heterocycles. The summed E-state index contributed by atoms with van der Waals surface area (Å²) in [5.74, 6) is 0. The highest BCUT2D eigenvalue weighted by Crippen LogP contribution is 2.44. The molecule has 0 amide bonds. The van der Waals surface area contributed by atoms with Crippen LogP contribution in [0, 0.1) is 0 Å². The fourth-order valence-corrected chi connectivity index (χ4v) is 3.04. The van der Waals surface area contributed by atoms with E-state index in [-0.39, 0.29) is 5.41 Å². The first-order valence-electron chi connectivity index (χ1n) is 6.07. The minimum atomic E-state index is 0.123. The Labute approximate surface area is 91.1 Å². The number of rotatable bonds is 2. The maximum absolute atomic E-state index is 9.54. The van der Waals surface area contributed by atoms with Gasteiger partial charge < -0.3 is 5.11 Å². The zero-order chi connectivity index (χ0) is 10.3. The molecule has 2 aliphatic carbocycles. The van der Waals surface area contributed by atoms with Crippen LogP contribution in [0.3, 0.4) is 0 Å². The van der Waals surface area contributed by atoms with Crippen LogP contribution in [-0.2, 0) is 18.3 Å². The van der Waals surface area contributed by atoms with Gasteiger partial charge in [0.25, 0.3) is 0 Å². The third-order valence-electron chi connectivity index (χ3n) is 4.32. The zero-order valence-electron chi connectivity index (χ0n) is 9.13. The molecule has 0 bridgehead atoms. The van der Waals surface area contributed by atoms with Gasteiger partial charge in [0.05, 0.1) is 6.61 Å². The Bertz CT molecular complexity index is 371. The molecule has 3 rings (SSSR count). The second kappa shape index (κ2) is 3.34. The van der Waals surface area contributed by atoms with E-state index >= 15 is 0 Å². The van der Waals surface area contributed by atoms with Crippen molar-refractivity contribution in [2.75, 3.05) is 6.61 Å². The van der Waals surface area contributed by atoms with E-state index in [0.29, 0.717) is 6.61 Å². The van der Waals surface area contributed by atoms with Gasteiger partial charge in [-0.25, -0.2) is 0 Å². The van der Waals surface area contributed by atoms with E-state index in [9.17, 15) is 5.11 Å². The van der Waals surface area contributed by atoms with Crippen LogP contribution in [0.1, 0.15) is 42.4 Å². The number of aliphatic hydroxyl groups excluding tert-OH is 1. The van der Waals surface area contributed by atoms with Gasteiger partial charge in [-0.15, -0.1) is 0 Å². The molecule has 1 aromatic rings. The number of aryl methyl sites for hydroxylation is 2. The molecule has 1 saturated carbocycles. The first-order chi connectivity index (χ1) is 7.34. The van der Waals surface area contributed by atoms with Crippen molar-refractivity contribution >= 4 is 0 Å². The molecular weight excluding hydrogens is 184 g/mol. The number of aliphatic hydroxyl groups is 1. The lowest BCUT2D eigenvalue weighted by Gasteiger charge is -2.41. The summed E-state index contributed by atoms with van der Waals surface area (Å²) in [5.41, 5.74) is 4.58. The smallest absolute Gasteiger partial charge is 0.0527 e. The topological polar surface area (TPSA) is 20.2 Å². The molecule has 0 atom stereocenters. The van der Waals surface area contributed by atoms with Gasteiger partial charge in [0, 0.05) is 5.41 Å². The summed E-state index contributed by atoms with van der Waals surface area (Å²) in [6.07, 6.45) is 7.42. The van der Waals surface area contributed by atoms with E-state index < -0.39 is 0 Å². The number of hydrogen-bond donors (Lipinski definition) is 1. The second-order valence-corrected chi connectivity index (χ2v) is 5.13. The Hall–Kier alpha value is -0.820. The van der Waals surface area contributed by atoms with Crippen molar-refractivity contribution in [3.63, 3.8) is 0 Å². The third-order valence-corrected chi connectivity index (χ3v) is 4.32. The molecule has 80 valence electrons. The highest BCUT2D eigenvalue weighted by Gasteiger charge is 2.38. The molecule has 0 heterocycles. The summed E-state index contributed by atoms with van der Waals surface area (Å²) in [5, 5.41) is 9.54. The van der Waals surface area contributed by atoms with Gasteiger partial charge in [0.1, 0.15) is 0 Å². The van der Waals surface area contributed by atoms with Gasteiger partial charge in [-0.05, 0) is 48.8 Å².